The van der Waals surface area contributed by atoms with Crippen molar-refractivity contribution in [3.05, 3.63) is 59.7 Å². The van der Waals surface area contributed by atoms with E-state index in [1.807, 2.05) is 29.2 Å². The molecule has 4 heteroatoms. The maximum atomic E-state index is 12.5. The fraction of sp³-hybridized carbons (Fsp3) is 0.381. The molecule has 1 fully saturated rings. The molecule has 0 aliphatic carbocycles. The zero-order valence-electron chi connectivity index (χ0n) is 15.1. The van der Waals surface area contributed by atoms with Gasteiger partial charge in [0.2, 0.25) is 0 Å². The van der Waals surface area contributed by atoms with Crippen LogP contribution in [0.2, 0.25) is 0 Å². The molecule has 0 N–H and O–H groups in total. The van der Waals surface area contributed by atoms with E-state index in [1.54, 1.807) is 0 Å². The summed E-state index contributed by atoms with van der Waals surface area (Å²) in [6.07, 6.45) is 0.902. The van der Waals surface area contributed by atoms with Crippen LogP contribution in [0.3, 0.4) is 0 Å². The van der Waals surface area contributed by atoms with Crippen LogP contribution in [-0.4, -0.2) is 43.6 Å². The number of anilines is 1. The van der Waals surface area contributed by atoms with Gasteiger partial charge in [0.15, 0.2) is 6.61 Å². The van der Waals surface area contributed by atoms with Gasteiger partial charge in [0.1, 0.15) is 5.75 Å². The summed E-state index contributed by atoms with van der Waals surface area (Å²) in [7, 11) is 0. The highest BCUT2D eigenvalue weighted by molar-refractivity contribution is 5.78. The number of para-hydroxylation sites is 1. The predicted molar refractivity (Wildman–Crippen MR) is 101 cm³/mol. The summed E-state index contributed by atoms with van der Waals surface area (Å²) < 4.78 is 5.77. The van der Waals surface area contributed by atoms with Crippen LogP contribution >= 0.6 is 0 Å². The van der Waals surface area contributed by atoms with Crippen LogP contribution in [0.1, 0.15) is 18.1 Å². The van der Waals surface area contributed by atoms with Gasteiger partial charge in [0.25, 0.3) is 5.91 Å². The van der Waals surface area contributed by atoms with E-state index in [1.165, 1.54) is 11.3 Å². The normalized spacial score (nSPS) is 14.5. The molecule has 2 aromatic rings. The molecule has 1 aliphatic rings. The van der Waals surface area contributed by atoms with Crippen LogP contribution < -0.4 is 9.64 Å². The molecule has 0 aromatic heterocycles. The topological polar surface area (TPSA) is 32.8 Å². The minimum atomic E-state index is 0.0646. The Bertz CT molecular complexity index is 721. The van der Waals surface area contributed by atoms with E-state index in [4.69, 9.17) is 4.74 Å². The van der Waals surface area contributed by atoms with Crippen LogP contribution in [-0.2, 0) is 11.2 Å². The van der Waals surface area contributed by atoms with E-state index in [2.05, 4.69) is 43.0 Å². The number of benzene rings is 2. The second kappa shape index (κ2) is 8.06. The van der Waals surface area contributed by atoms with Crippen LogP contribution in [0.5, 0.6) is 5.75 Å². The summed E-state index contributed by atoms with van der Waals surface area (Å²) in [4.78, 5) is 16.7. The average Bonchev–Trinajstić information content (AvgIpc) is 2.66. The summed E-state index contributed by atoms with van der Waals surface area (Å²) in [6.45, 7) is 7.52. The van der Waals surface area contributed by atoms with Gasteiger partial charge in [0, 0.05) is 31.9 Å². The lowest BCUT2D eigenvalue weighted by Crippen LogP contribution is -2.50. The molecular weight excluding hydrogens is 312 g/mol. The van der Waals surface area contributed by atoms with E-state index in [0.29, 0.717) is 0 Å². The molecule has 0 unspecified atom stereocenters. The number of nitrogens with zero attached hydrogens (tertiary/aromatic N) is 2. The first kappa shape index (κ1) is 17.3. The number of amides is 1. The van der Waals surface area contributed by atoms with Gasteiger partial charge in [-0.3, -0.25) is 4.79 Å². The number of carbonyl (C=O) groups excluding carboxylic acids is 1. The second-order valence-corrected chi connectivity index (χ2v) is 6.46. The molecule has 1 aliphatic heterocycles. The first-order valence-electron chi connectivity index (χ1n) is 8.97. The zero-order valence-corrected chi connectivity index (χ0v) is 15.1. The molecule has 0 bridgehead atoms. The Hall–Kier alpha value is -2.49. The molecule has 3 rings (SSSR count). The fourth-order valence-electron chi connectivity index (χ4n) is 3.21. The van der Waals surface area contributed by atoms with Gasteiger partial charge in [-0.15, -0.1) is 0 Å². The Morgan fingerprint density at radius 1 is 1.04 bits per heavy atom. The van der Waals surface area contributed by atoms with Crippen molar-refractivity contribution in [1.82, 2.24) is 4.90 Å². The highest BCUT2D eigenvalue weighted by Gasteiger charge is 2.21. The molecule has 0 atom stereocenters. The third kappa shape index (κ3) is 4.32. The van der Waals surface area contributed by atoms with Gasteiger partial charge in [-0.2, -0.15) is 0 Å². The minimum absolute atomic E-state index is 0.0646. The van der Waals surface area contributed by atoms with E-state index in [0.717, 1.165) is 43.9 Å². The molecule has 0 spiro atoms. The maximum Gasteiger partial charge on any atom is 0.260 e. The van der Waals surface area contributed by atoms with Crippen molar-refractivity contribution in [2.75, 3.05) is 37.7 Å². The molecule has 0 radical (unpaired) electrons. The summed E-state index contributed by atoms with van der Waals surface area (Å²) in [5, 5.41) is 0. The fourth-order valence-corrected chi connectivity index (χ4v) is 3.21. The molecule has 25 heavy (non-hydrogen) atoms. The summed E-state index contributed by atoms with van der Waals surface area (Å²) in [5.74, 6) is 0.881. The van der Waals surface area contributed by atoms with Crippen molar-refractivity contribution >= 4 is 11.6 Å². The Labute approximate surface area is 150 Å². The predicted octanol–water partition coefficient (Wildman–Crippen LogP) is 3.29. The number of carbonyl (C=O) groups is 1. The van der Waals surface area contributed by atoms with Crippen LogP contribution in [0.15, 0.2) is 48.5 Å². The van der Waals surface area contributed by atoms with Crippen molar-refractivity contribution in [2.24, 2.45) is 0 Å². The standard InChI is InChI=1S/C21H26N2O2/c1-3-18-8-4-5-10-20(18)25-16-21(24)23-13-11-22(12-14-23)19-9-6-7-17(2)15-19/h4-10,15H,3,11-14,16H2,1-2H3. The average molecular weight is 338 g/mol. The van der Waals surface area contributed by atoms with Crippen molar-refractivity contribution in [3.8, 4) is 5.75 Å². The van der Waals surface area contributed by atoms with E-state index < -0.39 is 0 Å². The Balaban J connectivity index is 1.51. The van der Waals surface area contributed by atoms with Gasteiger partial charge in [-0.1, -0.05) is 37.3 Å². The second-order valence-electron chi connectivity index (χ2n) is 6.46. The van der Waals surface area contributed by atoms with Crippen molar-refractivity contribution in [1.29, 1.82) is 0 Å². The molecule has 4 nitrogen and oxygen atoms in total. The quantitative estimate of drug-likeness (QED) is 0.839. The molecule has 1 saturated heterocycles. The van der Waals surface area contributed by atoms with Gasteiger partial charge in [-0.05, 0) is 42.7 Å². The summed E-state index contributed by atoms with van der Waals surface area (Å²) in [5.41, 5.74) is 3.64. The van der Waals surface area contributed by atoms with Gasteiger partial charge < -0.3 is 14.5 Å². The third-order valence-electron chi connectivity index (χ3n) is 4.70. The van der Waals surface area contributed by atoms with Crippen LogP contribution in [0, 0.1) is 6.92 Å². The highest BCUT2D eigenvalue weighted by atomic mass is 16.5. The lowest BCUT2D eigenvalue weighted by atomic mass is 10.1. The van der Waals surface area contributed by atoms with Crippen LogP contribution in [0.25, 0.3) is 0 Å². The van der Waals surface area contributed by atoms with Gasteiger partial charge in [-0.25, -0.2) is 0 Å². The zero-order chi connectivity index (χ0) is 17.6. The number of ether oxygens (including phenoxy) is 1. The smallest absolute Gasteiger partial charge is 0.260 e. The molecular formula is C21H26N2O2. The monoisotopic (exact) mass is 338 g/mol. The largest absolute Gasteiger partial charge is 0.483 e. The summed E-state index contributed by atoms with van der Waals surface area (Å²) in [6, 6.07) is 16.4. The van der Waals surface area contributed by atoms with Gasteiger partial charge in [0.05, 0.1) is 0 Å². The number of aryl methyl sites for hydroxylation is 2. The molecule has 2 aromatic carbocycles. The van der Waals surface area contributed by atoms with Crippen molar-refractivity contribution in [2.45, 2.75) is 20.3 Å². The number of piperazine rings is 1. The lowest BCUT2D eigenvalue weighted by molar-refractivity contribution is -0.133. The molecule has 1 heterocycles. The molecule has 0 saturated carbocycles. The third-order valence-corrected chi connectivity index (χ3v) is 4.70. The van der Waals surface area contributed by atoms with Gasteiger partial charge >= 0.3 is 0 Å². The van der Waals surface area contributed by atoms with E-state index in [9.17, 15) is 4.79 Å². The Kier molecular flexibility index (Phi) is 5.59. The lowest BCUT2D eigenvalue weighted by Gasteiger charge is -2.36. The number of hydrogen-bond donors (Lipinski definition) is 0. The van der Waals surface area contributed by atoms with Crippen molar-refractivity contribution < 1.29 is 9.53 Å². The number of hydrogen-bond acceptors (Lipinski definition) is 3. The molecule has 1 amide bonds. The van der Waals surface area contributed by atoms with Crippen molar-refractivity contribution in [3.63, 3.8) is 0 Å². The molecule has 132 valence electrons. The minimum Gasteiger partial charge on any atom is -0.483 e. The summed E-state index contributed by atoms with van der Waals surface area (Å²) >= 11 is 0. The Morgan fingerprint density at radius 2 is 1.80 bits per heavy atom. The maximum absolute atomic E-state index is 12.5. The first-order chi connectivity index (χ1) is 12.2. The number of rotatable bonds is 5. The first-order valence-corrected chi connectivity index (χ1v) is 8.97. The van der Waals surface area contributed by atoms with Crippen LogP contribution in [0.4, 0.5) is 5.69 Å². The van der Waals surface area contributed by atoms with E-state index >= 15 is 0 Å². The van der Waals surface area contributed by atoms with E-state index in [-0.39, 0.29) is 12.5 Å². The highest BCUT2D eigenvalue weighted by Crippen LogP contribution is 2.20. The Morgan fingerprint density at radius 3 is 2.52 bits per heavy atom. The SMILES string of the molecule is CCc1ccccc1OCC(=O)N1CCN(c2cccc(C)c2)CC1.